The van der Waals surface area contributed by atoms with Gasteiger partial charge in [0.15, 0.2) is 0 Å². The molecular weight excluding hydrogens is 393 g/mol. The van der Waals surface area contributed by atoms with E-state index < -0.39 is 16.1 Å². The van der Waals surface area contributed by atoms with E-state index in [0.717, 1.165) is 5.56 Å². The Morgan fingerprint density at radius 2 is 1.76 bits per heavy atom. The van der Waals surface area contributed by atoms with Crippen LogP contribution < -0.4 is 5.32 Å². The maximum absolute atomic E-state index is 13.7. The number of rotatable bonds is 6. The number of carbonyl (C=O) groups is 1. The highest BCUT2D eigenvalue weighted by atomic mass is 32.2. The van der Waals surface area contributed by atoms with Crippen molar-refractivity contribution in [3.63, 3.8) is 0 Å². The SMILES string of the molecule is Cc1ccc(NC(=O)[C@H](C)N2CCN(S(=O)(=O)Cc3ccccc3)CC2)cc1F. The third-order valence-corrected chi connectivity index (χ3v) is 7.08. The molecule has 8 heteroatoms. The minimum Gasteiger partial charge on any atom is -0.325 e. The van der Waals surface area contributed by atoms with Crippen LogP contribution in [0.4, 0.5) is 10.1 Å². The van der Waals surface area contributed by atoms with Gasteiger partial charge in [-0.05, 0) is 37.1 Å². The van der Waals surface area contributed by atoms with Gasteiger partial charge in [0.1, 0.15) is 5.82 Å². The zero-order valence-corrected chi connectivity index (χ0v) is 17.5. The first-order chi connectivity index (χ1) is 13.8. The van der Waals surface area contributed by atoms with E-state index in [9.17, 15) is 17.6 Å². The summed E-state index contributed by atoms with van der Waals surface area (Å²) < 4.78 is 40.5. The van der Waals surface area contributed by atoms with E-state index in [1.807, 2.05) is 23.1 Å². The van der Waals surface area contributed by atoms with Gasteiger partial charge in [-0.15, -0.1) is 0 Å². The molecule has 156 valence electrons. The monoisotopic (exact) mass is 419 g/mol. The lowest BCUT2D eigenvalue weighted by Crippen LogP contribution is -2.54. The molecule has 0 bridgehead atoms. The lowest BCUT2D eigenvalue weighted by molar-refractivity contribution is -0.121. The number of sulfonamides is 1. The van der Waals surface area contributed by atoms with Crippen molar-refractivity contribution < 1.29 is 17.6 Å². The summed E-state index contributed by atoms with van der Waals surface area (Å²) in [5, 5.41) is 2.73. The van der Waals surface area contributed by atoms with Crippen LogP contribution >= 0.6 is 0 Å². The van der Waals surface area contributed by atoms with Gasteiger partial charge in [0, 0.05) is 31.9 Å². The van der Waals surface area contributed by atoms with E-state index in [-0.39, 0.29) is 17.5 Å². The minimum absolute atomic E-state index is 0.0249. The Kier molecular flexibility index (Phi) is 6.66. The summed E-state index contributed by atoms with van der Waals surface area (Å²) in [5.41, 5.74) is 1.69. The molecule has 1 aliphatic rings. The first-order valence-electron chi connectivity index (χ1n) is 9.59. The van der Waals surface area contributed by atoms with Crippen molar-refractivity contribution in [1.82, 2.24) is 9.21 Å². The molecule has 1 saturated heterocycles. The fraction of sp³-hybridized carbons (Fsp3) is 0.381. The number of halogens is 1. The largest absolute Gasteiger partial charge is 0.325 e. The van der Waals surface area contributed by atoms with E-state index >= 15 is 0 Å². The van der Waals surface area contributed by atoms with Gasteiger partial charge in [0.05, 0.1) is 11.8 Å². The summed E-state index contributed by atoms with van der Waals surface area (Å²) in [6.07, 6.45) is 0. The number of anilines is 1. The van der Waals surface area contributed by atoms with Gasteiger partial charge in [-0.1, -0.05) is 36.4 Å². The Morgan fingerprint density at radius 3 is 2.38 bits per heavy atom. The summed E-state index contributed by atoms with van der Waals surface area (Å²) in [4.78, 5) is 14.5. The van der Waals surface area contributed by atoms with Crippen molar-refractivity contribution in [1.29, 1.82) is 0 Å². The Hall–Kier alpha value is -2.29. The molecule has 0 aromatic heterocycles. The molecule has 1 fully saturated rings. The predicted molar refractivity (Wildman–Crippen MR) is 111 cm³/mol. The second kappa shape index (κ2) is 9.02. The van der Waals surface area contributed by atoms with Crippen molar-refractivity contribution in [3.8, 4) is 0 Å². The third-order valence-electron chi connectivity index (χ3n) is 5.23. The second-order valence-electron chi connectivity index (χ2n) is 7.31. The normalized spacial score (nSPS) is 17.1. The van der Waals surface area contributed by atoms with E-state index in [4.69, 9.17) is 0 Å². The molecule has 2 aromatic carbocycles. The van der Waals surface area contributed by atoms with Crippen LogP contribution in [0.1, 0.15) is 18.1 Å². The number of nitrogens with zero attached hydrogens (tertiary/aromatic N) is 2. The van der Waals surface area contributed by atoms with Crippen molar-refractivity contribution in [2.45, 2.75) is 25.6 Å². The standard InChI is InChI=1S/C21H26FN3O3S/c1-16-8-9-19(14-20(16)22)23-21(26)17(2)24-10-12-25(13-11-24)29(27,28)15-18-6-4-3-5-7-18/h3-9,14,17H,10-13,15H2,1-2H3,(H,23,26)/t17-/m0/s1. The lowest BCUT2D eigenvalue weighted by atomic mass is 10.2. The van der Waals surface area contributed by atoms with Crippen molar-refractivity contribution >= 4 is 21.6 Å². The fourth-order valence-corrected chi connectivity index (χ4v) is 4.84. The first kappa shape index (κ1) is 21.4. The first-order valence-corrected chi connectivity index (χ1v) is 11.2. The van der Waals surface area contributed by atoms with Gasteiger partial charge in [0.2, 0.25) is 15.9 Å². The van der Waals surface area contributed by atoms with Crippen LogP contribution in [0.2, 0.25) is 0 Å². The molecule has 1 amide bonds. The highest BCUT2D eigenvalue weighted by molar-refractivity contribution is 7.88. The van der Waals surface area contributed by atoms with E-state index in [1.54, 1.807) is 38.1 Å². The van der Waals surface area contributed by atoms with Crippen molar-refractivity contribution in [2.24, 2.45) is 0 Å². The van der Waals surface area contributed by atoms with Gasteiger partial charge in [0.25, 0.3) is 0 Å². The maximum atomic E-state index is 13.7. The van der Waals surface area contributed by atoms with Crippen molar-refractivity contribution in [2.75, 3.05) is 31.5 Å². The molecule has 0 aliphatic carbocycles. The number of carbonyl (C=O) groups excluding carboxylic acids is 1. The number of hydrogen-bond donors (Lipinski definition) is 1. The van der Waals surface area contributed by atoms with Crippen LogP contribution in [-0.2, 0) is 20.6 Å². The summed E-state index contributed by atoms with van der Waals surface area (Å²) in [7, 11) is -3.40. The van der Waals surface area contributed by atoms with Crippen LogP contribution in [0, 0.1) is 12.7 Å². The number of amides is 1. The fourth-order valence-electron chi connectivity index (χ4n) is 3.33. The van der Waals surface area contributed by atoms with Gasteiger partial charge in [-0.3, -0.25) is 9.69 Å². The summed E-state index contributed by atoms with van der Waals surface area (Å²) >= 11 is 0. The smallest absolute Gasteiger partial charge is 0.241 e. The minimum atomic E-state index is -3.40. The van der Waals surface area contributed by atoms with Gasteiger partial charge in [-0.25, -0.2) is 12.8 Å². The van der Waals surface area contributed by atoms with E-state index in [2.05, 4.69) is 5.32 Å². The number of nitrogens with one attached hydrogen (secondary N) is 1. The highest BCUT2D eigenvalue weighted by Gasteiger charge is 2.31. The van der Waals surface area contributed by atoms with Crippen LogP contribution in [0.15, 0.2) is 48.5 Å². The third kappa shape index (κ3) is 5.41. The average Bonchev–Trinajstić information content (AvgIpc) is 2.70. The van der Waals surface area contributed by atoms with E-state index in [0.29, 0.717) is 37.4 Å². The van der Waals surface area contributed by atoms with Gasteiger partial charge >= 0.3 is 0 Å². The van der Waals surface area contributed by atoms with Crippen LogP contribution in [-0.4, -0.2) is 55.8 Å². The molecule has 6 nitrogen and oxygen atoms in total. The molecule has 0 unspecified atom stereocenters. The van der Waals surface area contributed by atoms with Crippen LogP contribution in [0.25, 0.3) is 0 Å². The molecule has 0 radical (unpaired) electrons. The summed E-state index contributed by atoms with van der Waals surface area (Å²) in [6, 6.07) is 13.2. The number of benzene rings is 2. The summed E-state index contributed by atoms with van der Waals surface area (Å²) in [5.74, 6) is -0.635. The quantitative estimate of drug-likeness (QED) is 0.782. The molecule has 1 N–H and O–H groups in total. The topological polar surface area (TPSA) is 69.7 Å². The Bertz CT molecular complexity index is 958. The molecule has 1 atom stereocenters. The highest BCUT2D eigenvalue weighted by Crippen LogP contribution is 2.17. The zero-order chi connectivity index (χ0) is 21.0. The molecule has 0 spiro atoms. The number of piperazine rings is 1. The van der Waals surface area contributed by atoms with Gasteiger partial charge < -0.3 is 5.32 Å². The molecule has 2 aromatic rings. The Labute approximate surface area is 171 Å². The zero-order valence-electron chi connectivity index (χ0n) is 16.6. The Balaban J connectivity index is 1.55. The molecule has 1 heterocycles. The molecule has 29 heavy (non-hydrogen) atoms. The average molecular weight is 420 g/mol. The molecular formula is C21H26FN3O3S. The lowest BCUT2D eigenvalue weighted by Gasteiger charge is -2.36. The predicted octanol–water partition coefficient (Wildman–Crippen LogP) is 2.61. The van der Waals surface area contributed by atoms with Crippen LogP contribution in [0.3, 0.4) is 0 Å². The van der Waals surface area contributed by atoms with Gasteiger partial charge in [-0.2, -0.15) is 4.31 Å². The molecule has 3 rings (SSSR count). The second-order valence-corrected chi connectivity index (χ2v) is 9.27. The molecule has 1 aliphatic heterocycles. The summed E-state index contributed by atoms with van der Waals surface area (Å²) in [6.45, 7) is 5.04. The maximum Gasteiger partial charge on any atom is 0.241 e. The van der Waals surface area contributed by atoms with Crippen LogP contribution in [0.5, 0.6) is 0 Å². The van der Waals surface area contributed by atoms with E-state index in [1.165, 1.54) is 10.4 Å². The van der Waals surface area contributed by atoms with Crippen molar-refractivity contribution in [3.05, 3.63) is 65.5 Å². The molecule has 0 saturated carbocycles. The number of aryl methyl sites for hydroxylation is 1. The Morgan fingerprint density at radius 1 is 1.10 bits per heavy atom. The number of hydrogen-bond acceptors (Lipinski definition) is 4.